The Hall–Kier alpha value is -2.71. The van der Waals surface area contributed by atoms with Gasteiger partial charge >= 0.3 is 0 Å². The number of nitriles is 1. The van der Waals surface area contributed by atoms with E-state index in [-0.39, 0.29) is 5.91 Å². The molecule has 3 rings (SSSR count). The SMILES string of the molecule is N#CCc1ccc(NC(=S)NC(=O)C2(c3ccccc3)CCCC2)cc1. The number of carbonyl (C=O) groups excluding carboxylic acids is 1. The van der Waals surface area contributed by atoms with Crippen LogP contribution in [-0.4, -0.2) is 11.0 Å². The number of amides is 1. The van der Waals surface area contributed by atoms with Crippen molar-refractivity contribution in [3.63, 3.8) is 0 Å². The number of anilines is 1. The molecule has 1 aliphatic carbocycles. The van der Waals surface area contributed by atoms with Crippen LogP contribution in [0.5, 0.6) is 0 Å². The van der Waals surface area contributed by atoms with Crippen molar-refractivity contribution in [2.45, 2.75) is 37.5 Å². The zero-order valence-electron chi connectivity index (χ0n) is 14.5. The number of benzene rings is 2. The van der Waals surface area contributed by atoms with Gasteiger partial charge in [0.2, 0.25) is 5.91 Å². The molecule has 1 amide bonds. The van der Waals surface area contributed by atoms with Crippen molar-refractivity contribution < 1.29 is 4.79 Å². The molecule has 0 saturated heterocycles. The summed E-state index contributed by atoms with van der Waals surface area (Å²) in [6.45, 7) is 0. The number of nitrogens with one attached hydrogen (secondary N) is 2. The number of hydrogen-bond acceptors (Lipinski definition) is 3. The molecular formula is C21H21N3OS. The first-order valence-electron chi connectivity index (χ1n) is 8.78. The van der Waals surface area contributed by atoms with Gasteiger partial charge in [-0.25, -0.2) is 0 Å². The highest BCUT2D eigenvalue weighted by Crippen LogP contribution is 2.41. The van der Waals surface area contributed by atoms with E-state index < -0.39 is 5.41 Å². The lowest BCUT2D eigenvalue weighted by Gasteiger charge is -2.28. The molecule has 2 N–H and O–H groups in total. The van der Waals surface area contributed by atoms with Crippen LogP contribution >= 0.6 is 12.2 Å². The topological polar surface area (TPSA) is 64.9 Å². The van der Waals surface area contributed by atoms with Crippen molar-refractivity contribution >= 4 is 28.9 Å². The van der Waals surface area contributed by atoms with E-state index in [9.17, 15) is 4.79 Å². The molecule has 0 radical (unpaired) electrons. The van der Waals surface area contributed by atoms with Crippen molar-refractivity contribution in [1.29, 1.82) is 5.26 Å². The second-order valence-corrected chi connectivity index (χ2v) is 7.00. The van der Waals surface area contributed by atoms with E-state index in [1.54, 1.807) is 0 Å². The molecule has 0 heterocycles. The van der Waals surface area contributed by atoms with Gasteiger partial charge in [0.25, 0.3) is 0 Å². The third-order valence-electron chi connectivity index (χ3n) is 4.94. The Morgan fingerprint density at radius 3 is 2.35 bits per heavy atom. The number of rotatable bonds is 4. The molecule has 1 saturated carbocycles. The average Bonchev–Trinajstić information content (AvgIpc) is 3.15. The summed E-state index contributed by atoms with van der Waals surface area (Å²) in [5, 5.41) is 14.9. The molecule has 132 valence electrons. The first kappa shape index (κ1) is 18.1. The Balaban J connectivity index is 1.68. The van der Waals surface area contributed by atoms with E-state index in [2.05, 4.69) is 16.7 Å². The van der Waals surface area contributed by atoms with Gasteiger partial charge in [0.15, 0.2) is 5.11 Å². The summed E-state index contributed by atoms with van der Waals surface area (Å²) in [5.41, 5.74) is 2.29. The maximum atomic E-state index is 13.0. The van der Waals surface area contributed by atoms with Crippen molar-refractivity contribution in [1.82, 2.24) is 5.32 Å². The zero-order chi connectivity index (χ0) is 18.4. The Bertz CT molecular complexity index is 819. The van der Waals surface area contributed by atoms with Crippen LogP contribution in [0.15, 0.2) is 54.6 Å². The minimum atomic E-state index is -0.496. The van der Waals surface area contributed by atoms with Gasteiger partial charge in [-0.05, 0) is 48.3 Å². The highest BCUT2D eigenvalue weighted by atomic mass is 32.1. The fraction of sp³-hybridized carbons (Fsp3) is 0.286. The minimum Gasteiger partial charge on any atom is -0.332 e. The van der Waals surface area contributed by atoms with Crippen LogP contribution in [0, 0.1) is 11.3 Å². The van der Waals surface area contributed by atoms with Crippen LogP contribution < -0.4 is 10.6 Å². The van der Waals surface area contributed by atoms with Crippen LogP contribution in [0.3, 0.4) is 0 Å². The van der Waals surface area contributed by atoms with Gasteiger partial charge in [-0.2, -0.15) is 5.26 Å². The quantitative estimate of drug-likeness (QED) is 0.804. The third-order valence-corrected chi connectivity index (χ3v) is 5.14. The molecule has 26 heavy (non-hydrogen) atoms. The summed E-state index contributed by atoms with van der Waals surface area (Å²) in [5.74, 6) is -0.0419. The molecular weight excluding hydrogens is 342 g/mol. The minimum absolute atomic E-state index is 0.0419. The normalized spacial score (nSPS) is 15.0. The van der Waals surface area contributed by atoms with Crippen molar-refractivity contribution in [2.24, 2.45) is 0 Å². The van der Waals surface area contributed by atoms with Gasteiger partial charge in [-0.15, -0.1) is 0 Å². The van der Waals surface area contributed by atoms with Crippen LogP contribution in [0.1, 0.15) is 36.8 Å². The molecule has 2 aromatic carbocycles. The van der Waals surface area contributed by atoms with Gasteiger partial charge in [-0.3, -0.25) is 4.79 Å². The number of nitrogens with zero attached hydrogens (tertiary/aromatic N) is 1. The standard InChI is InChI=1S/C21H21N3OS/c22-15-12-16-8-10-18(11-9-16)23-20(26)24-19(25)21(13-4-5-14-21)17-6-2-1-3-7-17/h1-3,6-11H,4-5,12-14H2,(H2,23,24,25,26). The monoisotopic (exact) mass is 363 g/mol. The van der Waals surface area contributed by atoms with E-state index in [4.69, 9.17) is 17.5 Å². The highest BCUT2D eigenvalue weighted by Gasteiger charge is 2.42. The lowest BCUT2D eigenvalue weighted by molar-refractivity contribution is -0.125. The van der Waals surface area contributed by atoms with Crippen molar-refractivity contribution in [3.05, 3.63) is 65.7 Å². The molecule has 0 aromatic heterocycles. The summed E-state index contributed by atoms with van der Waals surface area (Å²) in [4.78, 5) is 13.0. The summed E-state index contributed by atoms with van der Waals surface area (Å²) < 4.78 is 0. The number of hydrogen-bond donors (Lipinski definition) is 2. The van der Waals surface area contributed by atoms with Crippen LogP contribution in [0.2, 0.25) is 0 Å². The van der Waals surface area contributed by atoms with Gasteiger partial charge in [-0.1, -0.05) is 55.3 Å². The summed E-state index contributed by atoms with van der Waals surface area (Å²) in [6.07, 6.45) is 4.15. The molecule has 2 aromatic rings. The third kappa shape index (κ3) is 3.92. The van der Waals surface area contributed by atoms with Crippen LogP contribution in [0.4, 0.5) is 5.69 Å². The molecule has 0 spiro atoms. The van der Waals surface area contributed by atoms with Gasteiger partial charge in [0.05, 0.1) is 17.9 Å². The lowest BCUT2D eigenvalue weighted by Crippen LogP contribution is -2.46. The van der Waals surface area contributed by atoms with Crippen LogP contribution in [-0.2, 0) is 16.6 Å². The van der Waals surface area contributed by atoms with E-state index in [1.807, 2.05) is 54.6 Å². The van der Waals surface area contributed by atoms with E-state index in [0.29, 0.717) is 11.5 Å². The fourth-order valence-corrected chi connectivity index (χ4v) is 3.78. The van der Waals surface area contributed by atoms with Gasteiger partial charge in [0.1, 0.15) is 0 Å². The predicted molar refractivity (Wildman–Crippen MR) is 107 cm³/mol. The largest absolute Gasteiger partial charge is 0.332 e. The molecule has 0 atom stereocenters. The zero-order valence-corrected chi connectivity index (χ0v) is 15.3. The Morgan fingerprint density at radius 1 is 1.08 bits per heavy atom. The second kappa shape index (κ2) is 8.11. The molecule has 0 unspecified atom stereocenters. The second-order valence-electron chi connectivity index (χ2n) is 6.60. The molecule has 4 nitrogen and oxygen atoms in total. The number of carbonyl (C=O) groups is 1. The summed E-state index contributed by atoms with van der Waals surface area (Å²) >= 11 is 5.34. The van der Waals surface area contributed by atoms with Gasteiger partial charge in [0, 0.05) is 5.69 Å². The predicted octanol–water partition coefficient (Wildman–Crippen LogP) is 4.08. The number of thiocarbonyl (C=S) groups is 1. The summed E-state index contributed by atoms with van der Waals surface area (Å²) in [6, 6.07) is 19.5. The van der Waals surface area contributed by atoms with E-state index >= 15 is 0 Å². The maximum absolute atomic E-state index is 13.0. The Labute approximate surface area is 159 Å². The first-order valence-corrected chi connectivity index (χ1v) is 9.19. The first-order chi connectivity index (χ1) is 12.6. The smallest absolute Gasteiger partial charge is 0.236 e. The molecule has 5 heteroatoms. The Kier molecular flexibility index (Phi) is 5.65. The Morgan fingerprint density at radius 2 is 1.73 bits per heavy atom. The van der Waals surface area contributed by atoms with E-state index in [1.165, 1.54) is 0 Å². The van der Waals surface area contributed by atoms with Crippen molar-refractivity contribution in [3.8, 4) is 6.07 Å². The van der Waals surface area contributed by atoms with Crippen molar-refractivity contribution in [2.75, 3.05) is 5.32 Å². The molecule has 1 aliphatic rings. The maximum Gasteiger partial charge on any atom is 0.236 e. The molecule has 0 bridgehead atoms. The fourth-order valence-electron chi connectivity index (χ4n) is 3.56. The van der Waals surface area contributed by atoms with E-state index in [0.717, 1.165) is 42.5 Å². The molecule has 1 fully saturated rings. The average molecular weight is 363 g/mol. The molecule has 0 aliphatic heterocycles. The summed E-state index contributed by atoms with van der Waals surface area (Å²) in [7, 11) is 0. The van der Waals surface area contributed by atoms with Crippen LogP contribution in [0.25, 0.3) is 0 Å². The van der Waals surface area contributed by atoms with Gasteiger partial charge < -0.3 is 10.6 Å². The lowest BCUT2D eigenvalue weighted by atomic mass is 9.78. The highest BCUT2D eigenvalue weighted by molar-refractivity contribution is 7.80.